The normalized spacial score (nSPS) is 23.6. The number of ether oxygens (including phenoxy) is 3. The Kier molecular flexibility index (Phi) is 8.10. The van der Waals surface area contributed by atoms with E-state index in [1.807, 2.05) is 13.8 Å². The lowest BCUT2D eigenvalue weighted by Gasteiger charge is -2.17. The first kappa shape index (κ1) is 22.1. The quantitative estimate of drug-likeness (QED) is 0.323. The van der Waals surface area contributed by atoms with Gasteiger partial charge in [0.1, 0.15) is 0 Å². The topological polar surface area (TPSA) is 44.8 Å². The number of rotatable bonds is 9. The van der Waals surface area contributed by atoms with Crippen LogP contribution in [0.15, 0.2) is 23.8 Å². The van der Waals surface area contributed by atoms with Crippen LogP contribution < -0.4 is 0 Å². The van der Waals surface area contributed by atoms with Crippen LogP contribution in [0.1, 0.15) is 46.5 Å². The molecule has 0 unspecified atom stereocenters. The van der Waals surface area contributed by atoms with Crippen molar-refractivity contribution in [1.29, 1.82) is 0 Å². The lowest BCUT2D eigenvalue weighted by atomic mass is 10.0. The van der Waals surface area contributed by atoms with Crippen LogP contribution in [-0.2, 0) is 19.0 Å². The van der Waals surface area contributed by atoms with Gasteiger partial charge in [0.15, 0.2) is 11.9 Å². The highest BCUT2D eigenvalue weighted by atomic mass is 28.3. The SMILES string of the molecule is C=C(CC/C=C(\C)CC[C@@H]1OC(C)(C)O[C@H]1C(=O)OC)C[Si](C)(C)C. The maximum Gasteiger partial charge on any atom is 0.337 e. The fraction of sp³-hybridized carbons (Fsp3) is 0.750. The van der Waals surface area contributed by atoms with Crippen molar-refractivity contribution in [1.82, 2.24) is 0 Å². The van der Waals surface area contributed by atoms with Crippen LogP contribution in [0, 0.1) is 0 Å². The first-order chi connectivity index (χ1) is 11.4. The number of methoxy groups -OCH3 is 1. The molecule has 1 saturated heterocycles. The van der Waals surface area contributed by atoms with E-state index in [0.717, 1.165) is 25.7 Å². The van der Waals surface area contributed by atoms with Crippen molar-refractivity contribution >= 4 is 14.0 Å². The molecule has 0 aromatic carbocycles. The average molecular weight is 369 g/mol. The molecule has 0 spiro atoms. The Morgan fingerprint density at radius 3 is 2.44 bits per heavy atom. The summed E-state index contributed by atoms with van der Waals surface area (Å²) in [5.41, 5.74) is 2.68. The first-order valence-corrected chi connectivity index (χ1v) is 12.9. The fourth-order valence-electron chi connectivity index (χ4n) is 3.20. The van der Waals surface area contributed by atoms with E-state index < -0.39 is 20.0 Å². The molecule has 2 atom stereocenters. The van der Waals surface area contributed by atoms with E-state index in [4.69, 9.17) is 14.2 Å². The second kappa shape index (κ2) is 9.15. The van der Waals surface area contributed by atoms with Gasteiger partial charge < -0.3 is 14.2 Å². The van der Waals surface area contributed by atoms with Gasteiger partial charge in [0, 0.05) is 8.07 Å². The van der Waals surface area contributed by atoms with Crippen molar-refractivity contribution < 1.29 is 19.0 Å². The number of esters is 1. The molecular formula is C20H36O4Si. The van der Waals surface area contributed by atoms with Crippen LogP contribution in [0.2, 0.25) is 25.7 Å². The maximum absolute atomic E-state index is 11.9. The predicted octanol–water partition coefficient (Wildman–Crippen LogP) is 5.08. The van der Waals surface area contributed by atoms with Crippen LogP contribution in [-0.4, -0.2) is 39.1 Å². The molecule has 0 aromatic heterocycles. The molecule has 0 amide bonds. The molecule has 0 aliphatic carbocycles. The van der Waals surface area contributed by atoms with E-state index in [1.165, 1.54) is 24.3 Å². The minimum atomic E-state index is -1.06. The average Bonchev–Trinajstić information content (AvgIpc) is 2.77. The maximum atomic E-state index is 11.9. The molecule has 1 rings (SSSR count). The van der Waals surface area contributed by atoms with Crippen LogP contribution in [0.3, 0.4) is 0 Å². The van der Waals surface area contributed by atoms with Crippen LogP contribution in [0.25, 0.3) is 0 Å². The molecule has 1 heterocycles. The van der Waals surface area contributed by atoms with Crippen molar-refractivity contribution in [2.45, 2.75) is 90.1 Å². The molecule has 1 fully saturated rings. The van der Waals surface area contributed by atoms with Gasteiger partial charge in [-0.15, -0.1) is 6.58 Å². The second-order valence-electron chi connectivity index (χ2n) is 8.73. The zero-order chi connectivity index (χ0) is 19.3. The van der Waals surface area contributed by atoms with Gasteiger partial charge in [-0.05, 0) is 52.5 Å². The smallest absolute Gasteiger partial charge is 0.337 e. The zero-order valence-electron chi connectivity index (χ0n) is 17.1. The summed E-state index contributed by atoms with van der Waals surface area (Å²) in [5.74, 6) is -1.10. The predicted molar refractivity (Wildman–Crippen MR) is 105 cm³/mol. The Morgan fingerprint density at radius 1 is 1.24 bits per heavy atom. The third kappa shape index (κ3) is 8.34. The monoisotopic (exact) mass is 368 g/mol. The Hall–Kier alpha value is -0.913. The van der Waals surface area contributed by atoms with Crippen molar-refractivity contribution in [3.63, 3.8) is 0 Å². The van der Waals surface area contributed by atoms with E-state index >= 15 is 0 Å². The van der Waals surface area contributed by atoms with Gasteiger partial charge in [-0.1, -0.05) is 36.9 Å². The third-order valence-corrected chi connectivity index (χ3v) is 5.77. The Morgan fingerprint density at radius 2 is 1.88 bits per heavy atom. The van der Waals surface area contributed by atoms with Gasteiger partial charge in [0.05, 0.1) is 13.2 Å². The standard InChI is InChI=1S/C20H36O4Si/c1-15(10-9-11-16(2)14-25(6,7)8)12-13-17-18(19(21)22-5)24-20(3,4)23-17/h10,17-18H,2,9,11-14H2,1,3-8H3/b15-10+/t17-,18+/m0/s1. The number of hydrogen-bond donors (Lipinski definition) is 0. The highest BCUT2D eigenvalue weighted by Crippen LogP contribution is 2.32. The second-order valence-corrected chi connectivity index (χ2v) is 14.2. The molecule has 4 nitrogen and oxygen atoms in total. The summed E-state index contributed by atoms with van der Waals surface area (Å²) in [7, 11) is 0.321. The van der Waals surface area contributed by atoms with Crippen LogP contribution >= 0.6 is 0 Å². The zero-order valence-corrected chi connectivity index (χ0v) is 18.1. The van der Waals surface area contributed by atoms with E-state index in [1.54, 1.807) is 0 Å². The summed E-state index contributed by atoms with van der Waals surface area (Å²) in [6.45, 7) is 17.1. The van der Waals surface area contributed by atoms with E-state index in [9.17, 15) is 4.79 Å². The molecule has 1 aliphatic rings. The van der Waals surface area contributed by atoms with Gasteiger partial charge in [-0.3, -0.25) is 0 Å². The van der Waals surface area contributed by atoms with Gasteiger partial charge in [0.2, 0.25) is 0 Å². The summed E-state index contributed by atoms with van der Waals surface area (Å²) >= 11 is 0. The van der Waals surface area contributed by atoms with Crippen molar-refractivity contribution in [2.24, 2.45) is 0 Å². The molecule has 1 aliphatic heterocycles. The summed E-state index contributed by atoms with van der Waals surface area (Å²) in [5, 5.41) is 0. The van der Waals surface area contributed by atoms with Crippen LogP contribution in [0.4, 0.5) is 0 Å². The summed E-state index contributed by atoms with van der Waals surface area (Å²) in [4.78, 5) is 11.9. The van der Waals surface area contributed by atoms with Crippen molar-refractivity contribution in [3.05, 3.63) is 23.8 Å². The van der Waals surface area contributed by atoms with E-state index in [2.05, 4.69) is 39.2 Å². The van der Waals surface area contributed by atoms with Crippen LogP contribution in [0.5, 0.6) is 0 Å². The minimum Gasteiger partial charge on any atom is -0.467 e. The number of carbonyl (C=O) groups is 1. The lowest BCUT2D eigenvalue weighted by Crippen LogP contribution is -2.32. The largest absolute Gasteiger partial charge is 0.467 e. The molecular weight excluding hydrogens is 332 g/mol. The number of hydrogen-bond acceptors (Lipinski definition) is 4. The van der Waals surface area contributed by atoms with Gasteiger partial charge >= 0.3 is 5.97 Å². The fourth-order valence-corrected chi connectivity index (χ4v) is 4.87. The van der Waals surface area contributed by atoms with E-state index in [0.29, 0.717) is 0 Å². The molecule has 144 valence electrons. The van der Waals surface area contributed by atoms with E-state index in [-0.39, 0.29) is 12.1 Å². The summed E-state index contributed by atoms with van der Waals surface area (Å²) < 4.78 is 16.4. The van der Waals surface area contributed by atoms with Gasteiger partial charge in [-0.25, -0.2) is 4.79 Å². The Balaban J connectivity index is 2.45. The van der Waals surface area contributed by atoms with Crippen molar-refractivity contribution in [3.8, 4) is 0 Å². The van der Waals surface area contributed by atoms with Gasteiger partial charge in [0.25, 0.3) is 0 Å². The number of carbonyl (C=O) groups excluding carboxylic acids is 1. The molecule has 25 heavy (non-hydrogen) atoms. The number of allylic oxidation sites excluding steroid dienone is 3. The molecule has 0 radical (unpaired) electrons. The Bertz CT molecular complexity index is 502. The van der Waals surface area contributed by atoms with Gasteiger partial charge in [-0.2, -0.15) is 0 Å². The molecule has 0 bridgehead atoms. The highest BCUT2D eigenvalue weighted by Gasteiger charge is 2.45. The summed E-state index contributed by atoms with van der Waals surface area (Å²) in [6.07, 6.45) is 5.12. The molecule has 0 saturated carbocycles. The lowest BCUT2D eigenvalue weighted by molar-refractivity contribution is -0.168. The third-order valence-electron chi connectivity index (χ3n) is 4.21. The van der Waals surface area contributed by atoms with Crippen molar-refractivity contribution in [2.75, 3.05) is 7.11 Å². The first-order valence-electron chi connectivity index (χ1n) is 9.19. The molecule has 0 N–H and O–H groups in total. The molecule has 0 aromatic rings. The highest BCUT2D eigenvalue weighted by molar-refractivity contribution is 6.76. The Labute approximate surface area is 154 Å². The summed E-state index contributed by atoms with van der Waals surface area (Å²) in [6, 6.07) is 1.20. The molecule has 5 heteroatoms. The minimum absolute atomic E-state index is 0.257.